The first kappa shape index (κ1) is 13.0. The normalized spacial score (nSPS) is 10.4. The first-order valence-electron chi connectivity index (χ1n) is 5.20. The van der Waals surface area contributed by atoms with E-state index in [0.29, 0.717) is 4.47 Å². The second-order valence-electron chi connectivity index (χ2n) is 3.69. The largest absolute Gasteiger partial charge is 0.378 e. The van der Waals surface area contributed by atoms with E-state index in [4.69, 9.17) is 0 Å². The summed E-state index contributed by atoms with van der Waals surface area (Å²) in [6.07, 6.45) is 0. The average Bonchev–Trinajstić information content (AvgIpc) is 2.35. The lowest BCUT2D eigenvalue weighted by atomic mass is 10.2. The van der Waals surface area contributed by atoms with Gasteiger partial charge >= 0.3 is 0 Å². The fraction of sp³-hybridized carbons (Fsp3) is 0.0769. The molecular weight excluding hydrogens is 307 g/mol. The van der Waals surface area contributed by atoms with Crippen molar-refractivity contribution in [2.75, 3.05) is 5.32 Å². The van der Waals surface area contributed by atoms with Gasteiger partial charge in [-0.1, -0.05) is 28.1 Å². The number of benzene rings is 2. The Morgan fingerprint density at radius 1 is 1.00 bits per heavy atom. The zero-order chi connectivity index (χ0) is 13.1. The van der Waals surface area contributed by atoms with Crippen LogP contribution in [0.5, 0.6) is 0 Å². The van der Waals surface area contributed by atoms with Gasteiger partial charge in [0.05, 0.1) is 5.69 Å². The summed E-state index contributed by atoms with van der Waals surface area (Å²) in [7, 11) is 0. The maximum Gasteiger partial charge on any atom is 0.163 e. The van der Waals surface area contributed by atoms with Crippen molar-refractivity contribution in [2.24, 2.45) is 0 Å². The second-order valence-corrected chi connectivity index (χ2v) is 4.61. The van der Waals surface area contributed by atoms with Gasteiger partial charge in [-0.25, -0.2) is 13.2 Å². The third-order valence-corrected chi connectivity index (χ3v) is 2.92. The first-order valence-corrected chi connectivity index (χ1v) is 5.99. The molecule has 0 bridgehead atoms. The van der Waals surface area contributed by atoms with E-state index in [1.165, 1.54) is 24.3 Å². The van der Waals surface area contributed by atoms with E-state index in [0.717, 1.165) is 6.07 Å². The summed E-state index contributed by atoms with van der Waals surface area (Å²) >= 11 is 3.21. The van der Waals surface area contributed by atoms with Crippen LogP contribution >= 0.6 is 15.9 Å². The minimum absolute atomic E-state index is 0.0109. The van der Waals surface area contributed by atoms with Crippen LogP contribution in [0.3, 0.4) is 0 Å². The molecule has 0 aliphatic carbocycles. The maximum absolute atomic E-state index is 13.4. The van der Waals surface area contributed by atoms with Crippen molar-refractivity contribution in [3.63, 3.8) is 0 Å². The van der Waals surface area contributed by atoms with Crippen LogP contribution in [0.25, 0.3) is 0 Å². The van der Waals surface area contributed by atoms with Gasteiger partial charge in [0.1, 0.15) is 5.82 Å². The van der Waals surface area contributed by atoms with Gasteiger partial charge < -0.3 is 5.32 Å². The van der Waals surface area contributed by atoms with Gasteiger partial charge in [0.25, 0.3) is 0 Å². The van der Waals surface area contributed by atoms with E-state index < -0.39 is 17.5 Å². The third kappa shape index (κ3) is 2.85. The number of nitrogens with one attached hydrogen (secondary N) is 1. The number of rotatable bonds is 3. The van der Waals surface area contributed by atoms with Crippen molar-refractivity contribution in [1.29, 1.82) is 0 Å². The van der Waals surface area contributed by atoms with E-state index in [1.54, 1.807) is 6.07 Å². The van der Waals surface area contributed by atoms with Gasteiger partial charge in [0.2, 0.25) is 0 Å². The smallest absolute Gasteiger partial charge is 0.163 e. The Labute approximate surface area is 111 Å². The standard InChI is InChI=1S/C13H9BrF3N/c14-9-4-5-10(15)12(6-9)18-7-8-2-1-3-11(16)13(8)17/h1-6,18H,7H2. The highest BCUT2D eigenvalue weighted by Crippen LogP contribution is 2.21. The van der Waals surface area contributed by atoms with E-state index >= 15 is 0 Å². The van der Waals surface area contributed by atoms with Crippen LogP contribution in [-0.4, -0.2) is 0 Å². The molecule has 0 aliphatic heterocycles. The van der Waals surface area contributed by atoms with E-state index in [-0.39, 0.29) is 17.8 Å². The zero-order valence-electron chi connectivity index (χ0n) is 9.18. The van der Waals surface area contributed by atoms with Crippen molar-refractivity contribution >= 4 is 21.6 Å². The SMILES string of the molecule is Fc1ccc(Br)cc1NCc1cccc(F)c1F. The molecule has 0 aliphatic rings. The molecule has 0 saturated carbocycles. The highest BCUT2D eigenvalue weighted by atomic mass is 79.9. The van der Waals surface area contributed by atoms with Gasteiger partial charge in [-0.05, 0) is 24.3 Å². The monoisotopic (exact) mass is 315 g/mol. The van der Waals surface area contributed by atoms with E-state index in [9.17, 15) is 13.2 Å². The first-order chi connectivity index (χ1) is 8.58. The minimum Gasteiger partial charge on any atom is -0.378 e. The molecule has 2 aromatic carbocycles. The molecule has 94 valence electrons. The topological polar surface area (TPSA) is 12.0 Å². The molecule has 0 radical (unpaired) electrons. The van der Waals surface area contributed by atoms with Crippen LogP contribution in [0.15, 0.2) is 40.9 Å². The summed E-state index contributed by atoms with van der Waals surface area (Å²) in [5.41, 5.74) is 0.377. The Balaban J connectivity index is 2.16. The van der Waals surface area contributed by atoms with Gasteiger partial charge in [-0.3, -0.25) is 0 Å². The molecule has 0 aromatic heterocycles. The second kappa shape index (κ2) is 5.44. The van der Waals surface area contributed by atoms with Crippen molar-refractivity contribution in [2.45, 2.75) is 6.54 Å². The Kier molecular flexibility index (Phi) is 3.91. The van der Waals surface area contributed by atoms with Crippen molar-refractivity contribution < 1.29 is 13.2 Å². The molecule has 18 heavy (non-hydrogen) atoms. The Morgan fingerprint density at radius 3 is 2.56 bits per heavy atom. The van der Waals surface area contributed by atoms with Crippen LogP contribution in [-0.2, 0) is 6.54 Å². The predicted molar refractivity (Wildman–Crippen MR) is 67.8 cm³/mol. The summed E-state index contributed by atoms with van der Waals surface area (Å²) in [6, 6.07) is 8.27. The lowest BCUT2D eigenvalue weighted by Crippen LogP contribution is -2.04. The van der Waals surface area contributed by atoms with Crippen LogP contribution in [0, 0.1) is 17.5 Å². The molecule has 0 atom stereocenters. The van der Waals surface area contributed by atoms with Gasteiger partial charge in [-0.2, -0.15) is 0 Å². The minimum atomic E-state index is -0.916. The maximum atomic E-state index is 13.4. The number of hydrogen-bond donors (Lipinski definition) is 1. The molecule has 0 heterocycles. The predicted octanol–water partition coefficient (Wildman–Crippen LogP) is 4.48. The Hall–Kier alpha value is -1.49. The van der Waals surface area contributed by atoms with E-state index in [2.05, 4.69) is 21.2 Å². The highest BCUT2D eigenvalue weighted by Gasteiger charge is 2.08. The van der Waals surface area contributed by atoms with Gasteiger partial charge in [-0.15, -0.1) is 0 Å². The highest BCUT2D eigenvalue weighted by molar-refractivity contribution is 9.10. The summed E-state index contributed by atoms with van der Waals surface area (Å²) in [5, 5.41) is 2.73. The van der Waals surface area contributed by atoms with Crippen molar-refractivity contribution in [3.05, 3.63) is 63.9 Å². The summed E-state index contributed by atoms with van der Waals surface area (Å²) in [6.45, 7) is 0.0109. The fourth-order valence-electron chi connectivity index (χ4n) is 1.51. The van der Waals surface area contributed by atoms with Crippen molar-refractivity contribution in [3.8, 4) is 0 Å². The fourth-order valence-corrected chi connectivity index (χ4v) is 1.87. The lowest BCUT2D eigenvalue weighted by Gasteiger charge is -2.09. The van der Waals surface area contributed by atoms with Crippen LogP contribution in [0.2, 0.25) is 0 Å². The molecule has 1 nitrogen and oxygen atoms in total. The lowest BCUT2D eigenvalue weighted by molar-refractivity contribution is 0.500. The summed E-state index contributed by atoms with van der Waals surface area (Å²) in [4.78, 5) is 0. The molecule has 1 N–H and O–H groups in total. The quantitative estimate of drug-likeness (QED) is 0.880. The molecule has 0 unspecified atom stereocenters. The molecule has 2 rings (SSSR count). The van der Waals surface area contributed by atoms with E-state index in [1.807, 2.05) is 0 Å². The average molecular weight is 316 g/mol. The summed E-state index contributed by atoms with van der Waals surface area (Å²) < 4.78 is 40.4. The van der Waals surface area contributed by atoms with Gasteiger partial charge in [0, 0.05) is 16.6 Å². The summed E-state index contributed by atoms with van der Waals surface area (Å²) in [5.74, 6) is -2.28. The molecule has 5 heteroatoms. The Bertz CT molecular complexity index is 570. The van der Waals surface area contributed by atoms with Crippen molar-refractivity contribution in [1.82, 2.24) is 0 Å². The zero-order valence-corrected chi connectivity index (χ0v) is 10.8. The Morgan fingerprint density at radius 2 is 1.78 bits per heavy atom. The molecule has 0 saturated heterocycles. The number of hydrogen-bond acceptors (Lipinski definition) is 1. The van der Waals surface area contributed by atoms with Crippen LogP contribution in [0.1, 0.15) is 5.56 Å². The molecular formula is C13H9BrF3N. The molecule has 0 amide bonds. The third-order valence-electron chi connectivity index (χ3n) is 2.43. The molecule has 0 spiro atoms. The van der Waals surface area contributed by atoms with Crippen LogP contribution < -0.4 is 5.32 Å². The number of anilines is 1. The van der Waals surface area contributed by atoms with Crippen LogP contribution in [0.4, 0.5) is 18.9 Å². The number of halogens is 4. The molecule has 0 fully saturated rings. The molecule has 2 aromatic rings. The van der Waals surface area contributed by atoms with Gasteiger partial charge in [0.15, 0.2) is 11.6 Å².